The fraction of sp³-hybridized carbons (Fsp3) is 1.00. The summed E-state index contributed by atoms with van der Waals surface area (Å²) in [7, 11) is 0. The minimum Gasteiger partial charge on any atom is -0.311 e. The van der Waals surface area contributed by atoms with Gasteiger partial charge in [0.05, 0.1) is 0 Å². The van der Waals surface area contributed by atoms with E-state index >= 15 is 0 Å². The number of hydrogen-bond acceptors (Lipinski definition) is 2. The Hall–Kier alpha value is -0.0800. The number of likely N-dealkylation sites (tertiary alicyclic amines) is 1. The van der Waals surface area contributed by atoms with E-state index in [0.29, 0.717) is 6.04 Å². The molecule has 2 heteroatoms. The summed E-state index contributed by atoms with van der Waals surface area (Å²) in [5, 5.41) is 3.67. The van der Waals surface area contributed by atoms with E-state index in [4.69, 9.17) is 0 Å². The molecule has 0 spiro atoms. The van der Waals surface area contributed by atoms with E-state index in [1.807, 2.05) is 0 Å². The first kappa shape index (κ1) is 14.3. The summed E-state index contributed by atoms with van der Waals surface area (Å²) in [5.74, 6) is 1.00. The molecular weight excluding hydrogens is 220 g/mol. The number of rotatable bonds is 3. The second kappa shape index (κ2) is 5.92. The van der Waals surface area contributed by atoms with Crippen molar-refractivity contribution in [1.29, 1.82) is 0 Å². The maximum atomic E-state index is 3.67. The van der Waals surface area contributed by atoms with Crippen molar-refractivity contribution in [2.24, 2.45) is 5.92 Å². The number of nitrogens with zero attached hydrogens (tertiary/aromatic N) is 1. The van der Waals surface area contributed by atoms with Gasteiger partial charge in [-0.25, -0.2) is 0 Å². The van der Waals surface area contributed by atoms with Crippen molar-refractivity contribution in [2.45, 2.75) is 83.8 Å². The van der Waals surface area contributed by atoms with Crippen LogP contribution >= 0.6 is 0 Å². The van der Waals surface area contributed by atoms with Gasteiger partial charge in [-0.3, -0.25) is 4.90 Å². The third-order valence-electron chi connectivity index (χ3n) is 4.78. The molecular formula is C16H32N2. The van der Waals surface area contributed by atoms with Gasteiger partial charge in [-0.1, -0.05) is 12.8 Å². The second-order valence-electron chi connectivity index (χ2n) is 7.47. The van der Waals surface area contributed by atoms with Gasteiger partial charge in [0.25, 0.3) is 0 Å². The highest BCUT2D eigenvalue weighted by Gasteiger charge is 2.35. The standard InChI is InChI=1S/C16H32N2/c1-13(12-17-16(2,3)4)18-11-7-9-14-8-5-6-10-15(14)18/h13-15,17H,5-12H2,1-4H3/t13?,14-,15-/m1/s1. The molecule has 0 amide bonds. The van der Waals surface area contributed by atoms with E-state index in [1.54, 1.807) is 0 Å². The van der Waals surface area contributed by atoms with Crippen molar-refractivity contribution in [3.8, 4) is 0 Å². The zero-order valence-electron chi connectivity index (χ0n) is 12.8. The molecule has 0 aromatic carbocycles. The lowest BCUT2D eigenvalue weighted by molar-refractivity contribution is 0.0297. The monoisotopic (exact) mass is 252 g/mol. The summed E-state index contributed by atoms with van der Waals surface area (Å²) in [5.41, 5.74) is 0.246. The fourth-order valence-corrected chi connectivity index (χ4v) is 3.78. The molecule has 1 aliphatic heterocycles. The molecule has 1 N–H and O–H groups in total. The van der Waals surface area contributed by atoms with Crippen LogP contribution in [0.4, 0.5) is 0 Å². The molecule has 0 radical (unpaired) electrons. The topological polar surface area (TPSA) is 15.3 Å². The van der Waals surface area contributed by atoms with E-state index in [0.717, 1.165) is 18.5 Å². The van der Waals surface area contributed by atoms with Crippen molar-refractivity contribution in [2.75, 3.05) is 13.1 Å². The van der Waals surface area contributed by atoms with E-state index in [-0.39, 0.29) is 5.54 Å². The average molecular weight is 252 g/mol. The van der Waals surface area contributed by atoms with Gasteiger partial charge in [-0.2, -0.15) is 0 Å². The van der Waals surface area contributed by atoms with Crippen LogP contribution in [0, 0.1) is 5.92 Å². The fourth-order valence-electron chi connectivity index (χ4n) is 3.78. The van der Waals surface area contributed by atoms with Crippen LogP contribution in [0.25, 0.3) is 0 Å². The Morgan fingerprint density at radius 3 is 2.50 bits per heavy atom. The summed E-state index contributed by atoms with van der Waals surface area (Å²) in [6.07, 6.45) is 8.77. The Balaban J connectivity index is 1.89. The summed E-state index contributed by atoms with van der Waals surface area (Å²) < 4.78 is 0. The summed E-state index contributed by atoms with van der Waals surface area (Å²) in [4.78, 5) is 2.81. The van der Waals surface area contributed by atoms with Crippen LogP contribution in [0.2, 0.25) is 0 Å². The highest BCUT2D eigenvalue weighted by Crippen LogP contribution is 2.36. The molecule has 1 aliphatic carbocycles. The van der Waals surface area contributed by atoms with Crippen molar-refractivity contribution < 1.29 is 0 Å². The lowest BCUT2D eigenvalue weighted by atomic mass is 9.78. The second-order valence-corrected chi connectivity index (χ2v) is 7.47. The molecule has 18 heavy (non-hydrogen) atoms. The van der Waals surface area contributed by atoms with Crippen molar-refractivity contribution in [3.05, 3.63) is 0 Å². The smallest absolute Gasteiger partial charge is 0.0195 e. The normalized spacial score (nSPS) is 32.0. The van der Waals surface area contributed by atoms with Gasteiger partial charge >= 0.3 is 0 Å². The summed E-state index contributed by atoms with van der Waals surface area (Å²) in [6, 6.07) is 1.58. The third-order valence-corrected chi connectivity index (χ3v) is 4.78. The first-order valence-corrected chi connectivity index (χ1v) is 7.98. The van der Waals surface area contributed by atoms with E-state index in [1.165, 1.54) is 45.1 Å². The Morgan fingerprint density at radius 2 is 1.78 bits per heavy atom. The summed E-state index contributed by atoms with van der Waals surface area (Å²) in [6.45, 7) is 11.7. The lowest BCUT2D eigenvalue weighted by Crippen LogP contribution is -2.54. The SMILES string of the molecule is CC(CNC(C)(C)C)N1CCC[C@H]2CCCC[C@H]21. The van der Waals surface area contributed by atoms with E-state index in [9.17, 15) is 0 Å². The maximum absolute atomic E-state index is 3.67. The van der Waals surface area contributed by atoms with Gasteiger partial charge in [0, 0.05) is 24.2 Å². The molecule has 0 aromatic heterocycles. The highest BCUT2D eigenvalue weighted by atomic mass is 15.2. The van der Waals surface area contributed by atoms with Crippen molar-refractivity contribution in [1.82, 2.24) is 10.2 Å². The first-order valence-electron chi connectivity index (χ1n) is 7.98. The largest absolute Gasteiger partial charge is 0.311 e. The van der Waals surface area contributed by atoms with Crippen LogP contribution in [0.15, 0.2) is 0 Å². The molecule has 0 aromatic rings. The highest BCUT2D eigenvalue weighted by molar-refractivity contribution is 4.90. The van der Waals surface area contributed by atoms with Crippen LogP contribution in [0.5, 0.6) is 0 Å². The van der Waals surface area contributed by atoms with E-state index in [2.05, 4.69) is 37.9 Å². The molecule has 1 unspecified atom stereocenters. The minimum atomic E-state index is 0.246. The predicted octanol–water partition coefficient (Wildman–Crippen LogP) is 3.42. The third kappa shape index (κ3) is 3.71. The zero-order chi connectivity index (χ0) is 13.2. The quantitative estimate of drug-likeness (QED) is 0.828. The molecule has 2 fully saturated rings. The van der Waals surface area contributed by atoms with Crippen LogP contribution < -0.4 is 5.32 Å². The average Bonchev–Trinajstić information content (AvgIpc) is 2.34. The number of piperidine rings is 1. The minimum absolute atomic E-state index is 0.246. The van der Waals surface area contributed by atoms with Gasteiger partial charge in [-0.15, -0.1) is 0 Å². The molecule has 1 saturated carbocycles. The Bertz CT molecular complexity index is 254. The number of nitrogens with one attached hydrogen (secondary N) is 1. The predicted molar refractivity (Wildman–Crippen MR) is 78.9 cm³/mol. The van der Waals surface area contributed by atoms with Gasteiger partial charge in [0.1, 0.15) is 0 Å². The summed E-state index contributed by atoms with van der Waals surface area (Å²) >= 11 is 0. The first-order chi connectivity index (χ1) is 8.47. The molecule has 1 heterocycles. The van der Waals surface area contributed by atoms with Crippen LogP contribution in [-0.2, 0) is 0 Å². The molecule has 106 valence electrons. The molecule has 2 aliphatic rings. The van der Waals surface area contributed by atoms with Gasteiger partial charge < -0.3 is 5.32 Å². The van der Waals surface area contributed by atoms with E-state index < -0.39 is 0 Å². The van der Waals surface area contributed by atoms with Gasteiger partial charge in [0.15, 0.2) is 0 Å². The number of hydrogen-bond donors (Lipinski definition) is 1. The van der Waals surface area contributed by atoms with Crippen LogP contribution in [0.1, 0.15) is 66.2 Å². The van der Waals surface area contributed by atoms with Gasteiger partial charge in [-0.05, 0) is 65.8 Å². The Morgan fingerprint density at radius 1 is 1.11 bits per heavy atom. The lowest BCUT2D eigenvalue weighted by Gasteiger charge is -2.47. The van der Waals surface area contributed by atoms with Gasteiger partial charge in [0.2, 0.25) is 0 Å². The molecule has 2 nitrogen and oxygen atoms in total. The van der Waals surface area contributed by atoms with Crippen LogP contribution in [0.3, 0.4) is 0 Å². The van der Waals surface area contributed by atoms with Crippen molar-refractivity contribution >= 4 is 0 Å². The Labute approximate surface area is 114 Å². The molecule has 1 saturated heterocycles. The molecule has 0 bridgehead atoms. The maximum Gasteiger partial charge on any atom is 0.0195 e. The Kier molecular flexibility index (Phi) is 4.71. The molecule has 2 rings (SSSR count). The number of fused-ring (bicyclic) bond motifs is 1. The van der Waals surface area contributed by atoms with Crippen LogP contribution in [-0.4, -0.2) is 35.6 Å². The zero-order valence-corrected chi connectivity index (χ0v) is 12.8. The van der Waals surface area contributed by atoms with Crippen molar-refractivity contribution in [3.63, 3.8) is 0 Å². The molecule has 3 atom stereocenters.